The van der Waals surface area contributed by atoms with Crippen molar-refractivity contribution in [1.82, 2.24) is 10.2 Å². The highest BCUT2D eigenvalue weighted by Crippen LogP contribution is 2.45. The summed E-state index contributed by atoms with van der Waals surface area (Å²) in [5.74, 6) is -4.17. The quantitative estimate of drug-likeness (QED) is 0.414. The molecule has 2 aliphatic rings. The van der Waals surface area contributed by atoms with Crippen molar-refractivity contribution in [3.8, 4) is 6.07 Å². The van der Waals surface area contributed by atoms with E-state index in [1.165, 1.54) is 18.2 Å². The smallest absolute Gasteiger partial charge is 0.365 e. The molecule has 2 aromatic carbocycles. The molecule has 4 rings (SSSR count). The van der Waals surface area contributed by atoms with Crippen LogP contribution in [0.4, 0.5) is 33.3 Å². The number of hydrogen-bond acceptors (Lipinski definition) is 5. The van der Waals surface area contributed by atoms with Crippen molar-refractivity contribution in [2.45, 2.75) is 44.9 Å². The number of nitrogens with zero attached hydrogens (tertiary/aromatic N) is 3. The monoisotopic (exact) mass is 583 g/mol. The van der Waals surface area contributed by atoms with E-state index < -0.39 is 47.0 Å². The van der Waals surface area contributed by atoms with Crippen molar-refractivity contribution in [3.63, 3.8) is 0 Å². The fourth-order valence-electron chi connectivity index (χ4n) is 4.68. The predicted octanol–water partition coefficient (Wildman–Crippen LogP) is 5.25. The van der Waals surface area contributed by atoms with Crippen LogP contribution in [0.3, 0.4) is 0 Å². The lowest BCUT2D eigenvalue weighted by Gasteiger charge is -2.42. The Morgan fingerprint density at radius 3 is 2.50 bits per heavy atom. The van der Waals surface area contributed by atoms with Gasteiger partial charge in [-0.25, -0.2) is 8.78 Å². The second kappa shape index (κ2) is 11.6. The second-order valence-electron chi connectivity index (χ2n) is 10.1. The van der Waals surface area contributed by atoms with E-state index in [1.54, 1.807) is 11.0 Å². The summed E-state index contributed by atoms with van der Waals surface area (Å²) in [5, 5.41) is 14.5. The zero-order chi connectivity index (χ0) is 29.2. The maximum atomic E-state index is 14.9. The molecule has 0 radical (unpaired) electrons. The molecule has 2 amide bonds. The van der Waals surface area contributed by atoms with Gasteiger partial charge in [-0.15, -0.1) is 0 Å². The van der Waals surface area contributed by atoms with Gasteiger partial charge in [-0.05, 0) is 44.0 Å². The van der Waals surface area contributed by atoms with E-state index in [0.717, 1.165) is 6.07 Å². The topological polar surface area (TPSA) is 88.5 Å². The van der Waals surface area contributed by atoms with Crippen LogP contribution in [0, 0.1) is 28.4 Å². The van der Waals surface area contributed by atoms with Gasteiger partial charge in [-0.3, -0.25) is 14.5 Å². The Morgan fingerprint density at radius 1 is 1.15 bits per heavy atom. The van der Waals surface area contributed by atoms with Gasteiger partial charge in [0.15, 0.2) is 11.6 Å². The Balaban J connectivity index is 1.46. The third-order valence-corrected chi connectivity index (χ3v) is 7.42. The number of nitrogens with one attached hydrogen (secondary N) is 2. The molecule has 1 aliphatic carbocycles. The van der Waals surface area contributed by atoms with Crippen molar-refractivity contribution in [1.29, 1.82) is 5.26 Å². The number of hydrogen-bond donors (Lipinski definition) is 2. The molecule has 40 heavy (non-hydrogen) atoms. The number of piperazine rings is 1. The van der Waals surface area contributed by atoms with Gasteiger partial charge in [0, 0.05) is 49.4 Å². The van der Waals surface area contributed by atoms with Crippen molar-refractivity contribution < 1.29 is 31.5 Å². The van der Waals surface area contributed by atoms with Crippen LogP contribution in [0.5, 0.6) is 0 Å². The van der Waals surface area contributed by atoms with Gasteiger partial charge in [0.25, 0.3) is 5.91 Å². The van der Waals surface area contributed by atoms with Crippen LogP contribution in [0.25, 0.3) is 0 Å². The standard InChI is InChI=1S/C27H27ClF5N5O2/c1-16-14-37(9-8-27(31,32)33)10-11-38(16)21-12-18(28)3-5-20(21)36-24(39)19-4-2-17(22(29)23(19)30)13-35-25(40)26(15-34)6-7-26/h2-5,12,16H,6-11,13-14H2,1H3,(H,35,40)(H,36,39)/t16-/m1/s1. The number of carbonyl (C=O) groups excluding carboxylic acids is 2. The second-order valence-corrected chi connectivity index (χ2v) is 10.5. The Hall–Kier alpha value is -3.43. The summed E-state index contributed by atoms with van der Waals surface area (Å²) in [6.07, 6.45) is -4.34. The first kappa shape index (κ1) is 29.6. The fourth-order valence-corrected chi connectivity index (χ4v) is 4.84. The Labute approximate surface area is 232 Å². The summed E-state index contributed by atoms with van der Waals surface area (Å²) < 4.78 is 67.6. The van der Waals surface area contributed by atoms with Gasteiger partial charge in [0.2, 0.25) is 5.91 Å². The van der Waals surface area contributed by atoms with Crippen LogP contribution in [0.15, 0.2) is 30.3 Å². The van der Waals surface area contributed by atoms with Crippen LogP contribution in [-0.2, 0) is 11.3 Å². The molecule has 1 aliphatic heterocycles. The van der Waals surface area contributed by atoms with Gasteiger partial charge in [-0.1, -0.05) is 17.7 Å². The number of carbonyl (C=O) groups is 2. The number of halogens is 6. The average molecular weight is 584 g/mol. The number of nitriles is 1. The largest absolute Gasteiger partial charge is 0.390 e. The zero-order valence-electron chi connectivity index (χ0n) is 21.5. The minimum atomic E-state index is -4.25. The maximum Gasteiger partial charge on any atom is 0.390 e. The number of alkyl halides is 3. The summed E-state index contributed by atoms with van der Waals surface area (Å²) in [7, 11) is 0. The number of amides is 2. The lowest BCUT2D eigenvalue weighted by molar-refractivity contribution is -0.138. The van der Waals surface area contributed by atoms with E-state index >= 15 is 0 Å². The van der Waals surface area contributed by atoms with E-state index in [4.69, 9.17) is 16.9 Å². The molecule has 1 atom stereocenters. The van der Waals surface area contributed by atoms with Gasteiger partial charge < -0.3 is 15.5 Å². The van der Waals surface area contributed by atoms with E-state index in [0.29, 0.717) is 43.2 Å². The van der Waals surface area contributed by atoms with Gasteiger partial charge in [0.1, 0.15) is 5.41 Å². The van der Waals surface area contributed by atoms with E-state index in [9.17, 15) is 31.5 Å². The number of rotatable bonds is 8. The summed E-state index contributed by atoms with van der Waals surface area (Å²) >= 11 is 6.19. The average Bonchev–Trinajstić information content (AvgIpc) is 3.70. The molecular formula is C27H27ClF5N5O2. The minimum absolute atomic E-state index is 0.121. The Kier molecular flexibility index (Phi) is 8.56. The summed E-state index contributed by atoms with van der Waals surface area (Å²) in [6.45, 7) is 2.43. The molecule has 0 bridgehead atoms. The molecule has 1 heterocycles. The van der Waals surface area contributed by atoms with E-state index in [-0.39, 0.29) is 30.4 Å². The first-order chi connectivity index (χ1) is 18.8. The molecule has 0 spiro atoms. The normalized spacial score (nSPS) is 18.6. The number of anilines is 2. The molecular weight excluding hydrogens is 557 g/mol. The third-order valence-electron chi connectivity index (χ3n) is 7.19. The first-order valence-electron chi connectivity index (χ1n) is 12.7. The lowest BCUT2D eigenvalue weighted by atomic mass is 10.1. The van der Waals surface area contributed by atoms with Crippen LogP contribution in [0.2, 0.25) is 5.02 Å². The van der Waals surface area contributed by atoms with E-state index in [2.05, 4.69) is 10.6 Å². The summed E-state index contributed by atoms with van der Waals surface area (Å²) in [4.78, 5) is 28.7. The lowest BCUT2D eigenvalue weighted by Crippen LogP contribution is -2.52. The van der Waals surface area contributed by atoms with Crippen LogP contribution < -0.4 is 15.5 Å². The molecule has 1 saturated heterocycles. The Morgan fingerprint density at radius 2 is 1.88 bits per heavy atom. The molecule has 2 fully saturated rings. The van der Waals surface area contributed by atoms with Gasteiger partial charge in [-0.2, -0.15) is 18.4 Å². The van der Waals surface area contributed by atoms with Crippen LogP contribution in [-0.4, -0.2) is 55.1 Å². The molecule has 214 valence electrons. The highest BCUT2D eigenvalue weighted by Gasteiger charge is 2.50. The summed E-state index contributed by atoms with van der Waals surface area (Å²) in [6, 6.07) is 8.60. The predicted molar refractivity (Wildman–Crippen MR) is 139 cm³/mol. The van der Waals surface area contributed by atoms with Crippen LogP contribution >= 0.6 is 11.6 Å². The molecule has 1 saturated carbocycles. The highest BCUT2D eigenvalue weighted by molar-refractivity contribution is 6.31. The molecule has 2 aromatic rings. The minimum Gasteiger partial charge on any atom is -0.365 e. The van der Waals surface area contributed by atoms with Gasteiger partial charge >= 0.3 is 6.18 Å². The molecule has 13 heteroatoms. The van der Waals surface area contributed by atoms with Crippen molar-refractivity contribution >= 4 is 34.8 Å². The van der Waals surface area contributed by atoms with Crippen molar-refractivity contribution in [3.05, 3.63) is 58.1 Å². The Bertz CT molecular complexity index is 1340. The number of benzene rings is 2. The SMILES string of the molecule is C[C@@H]1CN(CCC(F)(F)F)CCN1c1cc(Cl)ccc1NC(=O)c1ccc(CNC(=O)C2(C#N)CC2)c(F)c1F. The molecule has 2 N–H and O–H groups in total. The highest BCUT2D eigenvalue weighted by atomic mass is 35.5. The van der Waals surface area contributed by atoms with E-state index in [1.807, 2.05) is 17.9 Å². The third kappa shape index (κ3) is 6.64. The van der Waals surface area contributed by atoms with Gasteiger partial charge in [0.05, 0.1) is 29.4 Å². The fraction of sp³-hybridized carbons (Fsp3) is 0.444. The molecule has 7 nitrogen and oxygen atoms in total. The zero-order valence-corrected chi connectivity index (χ0v) is 22.3. The van der Waals surface area contributed by atoms with Crippen LogP contribution in [0.1, 0.15) is 42.1 Å². The molecule has 0 aromatic heterocycles. The van der Waals surface area contributed by atoms with Crippen molar-refractivity contribution in [2.75, 3.05) is 36.4 Å². The first-order valence-corrected chi connectivity index (χ1v) is 13.0. The summed E-state index contributed by atoms with van der Waals surface area (Å²) in [5.41, 5.74) is -1.09. The molecule has 0 unspecified atom stereocenters. The van der Waals surface area contributed by atoms with Crippen molar-refractivity contribution in [2.24, 2.45) is 5.41 Å². The maximum absolute atomic E-state index is 14.9.